The normalized spacial score (nSPS) is 13.3. The zero-order valence-corrected chi connectivity index (χ0v) is 45.0. The van der Waals surface area contributed by atoms with Gasteiger partial charge in [0.25, 0.3) is 0 Å². The van der Waals surface area contributed by atoms with Gasteiger partial charge in [-0.3, -0.25) is 9.59 Å². The van der Waals surface area contributed by atoms with Crippen molar-refractivity contribution in [2.45, 2.75) is 334 Å². The Kier molecular flexibility index (Phi) is 53.4. The molecule has 0 spiro atoms. The maximum Gasteiger partial charge on any atom is 0.306 e. The van der Waals surface area contributed by atoms with Crippen LogP contribution in [0.25, 0.3) is 0 Å². The Morgan fingerprint density at radius 3 is 1.19 bits per heavy atom. The number of allylic oxidation sites excluding steroid dienone is 6. The number of aliphatic hydroxyl groups is 2. The van der Waals surface area contributed by atoms with E-state index in [4.69, 9.17) is 4.74 Å². The number of hydrogen-bond acceptors (Lipinski definition) is 5. The molecule has 3 unspecified atom stereocenters. The van der Waals surface area contributed by atoms with E-state index in [0.717, 1.165) is 64.2 Å². The lowest BCUT2D eigenvalue weighted by Gasteiger charge is -2.24. The summed E-state index contributed by atoms with van der Waals surface area (Å²) < 4.78 is 5.96. The van der Waals surface area contributed by atoms with Crippen LogP contribution in [0.3, 0.4) is 0 Å². The number of hydrogen-bond donors (Lipinski definition) is 3. The molecule has 0 aromatic rings. The van der Waals surface area contributed by atoms with Gasteiger partial charge in [0.2, 0.25) is 5.91 Å². The summed E-state index contributed by atoms with van der Waals surface area (Å²) in [6, 6.07) is -0.704. The number of esters is 1. The highest BCUT2D eigenvalue weighted by atomic mass is 16.5. The van der Waals surface area contributed by atoms with Crippen molar-refractivity contribution in [1.29, 1.82) is 0 Å². The summed E-state index contributed by atoms with van der Waals surface area (Å²) in [4.78, 5) is 26.3. The molecule has 1 amide bonds. The highest BCUT2D eigenvalue weighted by molar-refractivity contribution is 5.77. The van der Waals surface area contributed by atoms with E-state index in [2.05, 4.69) is 62.5 Å². The van der Waals surface area contributed by atoms with E-state index in [1.807, 2.05) is 0 Å². The van der Waals surface area contributed by atoms with Crippen LogP contribution in [-0.4, -0.2) is 46.9 Å². The van der Waals surface area contributed by atoms with E-state index in [1.165, 1.54) is 205 Å². The van der Waals surface area contributed by atoms with E-state index in [-0.39, 0.29) is 24.9 Å². The summed E-state index contributed by atoms with van der Waals surface area (Å²) in [6.45, 7) is 6.48. The molecule has 3 atom stereocenters. The maximum absolute atomic E-state index is 13.3. The van der Waals surface area contributed by atoms with Crippen molar-refractivity contribution >= 4 is 11.9 Å². The van der Waals surface area contributed by atoms with Crippen molar-refractivity contribution in [1.82, 2.24) is 5.32 Å². The van der Waals surface area contributed by atoms with Gasteiger partial charge >= 0.3 is 5.97 Å². The van der Waals surface area contributed by atoms with Gasteiger partial charge in [0.15, 0.2) is 0 Å². The Labute approximate surface area is 417 Å². The van der Waals surface area contributed by atoms with Crippen LogP contribution in [0.1, 0.15) is 316 Å². The number of aliphatic hydroxyl groups excluding tert-OH is 2. The Hall–Kier alpha value is -1.92. The maximum atomic E-state index is 13.3. The van der Waals surface area contributed by atoms with Crippen LogP contribution >= 0.6 is 0 Å². The number of carbonyl (C=O) groups is 2. The molecule has 0 bridgehead atoms. The fourth-order valence-corrected chi connectivity index (χ4v) is 9.16. The summed E-state index contributed by atoms with van der Waals surface area (Å²) >= 11 is 0. The van der Waals surface area contributed by atoms with Crippen molar-refractivity contribution in [3.8, 4) is 0 Å². The second-order valence-corrected chi connectivity index (χ2v) is 20.4. The largest absolute Gasteiger partial charge is 0.462 e. The minimum Gasteiger partial charge on any atom is -0.462 e. The van der Waals surface area contributed by atoms with Gasteiger partial charge in [-0.1, -0.05) is 256 Å². The van der Waals surface area contributed by atoms with E-state index < -0.39 is 18.2 Å². The molecule has 0 fully saturated rings. The minimum atomic E-state index is -0.790. The van der Waals surface area contributed by atoms with Crippen LogP contribution in [0, 0.1) is 0 Å². The molecule has 0 radical (unpaired) electrons. The fraction of sp³-hybridized carbons (Fsp3) is 0.869. The molecule has 6 heteroatoms. The Balaban J connectivity index is 4.49. The van der Waals surface area contributed by atoms with E-state index in [9.17, 15) is 19.8 Å². The molecule has 0 saturated heterocycles. The van der Waals surface area contributed by atoms with Crippen molar-refractivity contribution in [2.24, 2.45) is 0 Å². The smallest absolute Gasteiger partial charge is 0.306 e. The molecular weight excluding hydrogens is 827 g/mol. The zero-order valence-electron chi connectivity index (χ0n) is 45.0. The average molecular weight is 943 g/mol. The lowest BCUT2D eigenvalue weighted by molar-refractivity contribution is -0.151. The summed E-state index contributed by atoms with van der Waals surface area (Å²) in [7, 11) is 0. The number of rotatable bonds is 54. The number of ether oxygens (including phenoxy) is 1. The van der Waals surface area contributed by atoms with Gasteiger partial charge in [-0.2, -0.15) is 0 Å². The number of unbranched alkanes of at least 4 members (excludes halogenated alkanes) is 36. The molecule has 0 heterocycles. The zero-order chi connectivity index (χ0) is 48.8. The SMILES string of the molecule is CCCCC/C=C\C/C=C\CCCCCCCCCCCC(=O)OC(CCCCCCC/C=C\CCCCCC)CC(=O)NC(CO)C(O)CCCCCCCCCCCCCCCCCC. The molecule has 67 heavy (non-hydrogen) atoms. The molecule has 0 aliphatic heterocycles. The Morgan fingerprint density at radius 1 is 0.433 bits per heavy atom. The first kappa shape index (κ1) is 65.1. The monoisotopic (exact) mass is 942 g/mol. The van der Waals surface area contributed by atoms with Gasteiger partial charge in [-0.25, -0.2) is 0 Å². The highest BCUT2D eigenvalue weighted by Crippen LogP contribution is 2.19. The molecule has 0 aromatic heterocycles. The first-order valence-electron chi connectivity index (χ1n) is 29.7. The average Bonchev–Trinajstić information content (AvgIpc) is 3.32. The van der Waals surface area contributed by atoms with Crippen LogP contribution < -0.4 is 5.32 Å². The summed E-state index contributed by atoms with van der Waals surface area (Å²) in [5, 5.41) is 23.9. The van der Waals surface area contributed by atoms with Crippen LogP contribution in [-0.2, 0) is 14.3 Å². The third-order valence-corrected chi connectivity index (χ3v) is 13.7. The van der Waals surface area contributed by atoms with Gasteiger partial charge in [0.1, 0.15) is 6.10 Å². The molecule has 0 aliphatic carbocycles. The topological polar surface area (TPSA) is 95.9 Å². The molecule has 0 saturated carbocycles. The Bertz CT molecular complexity index is 1100. The Morgan fingerprint density at radius 2 is 0.761 bits per heavy atom. The van der Waals surface area contributed by atoms with Crippen LogP contribution in [0.4, 0.5) is 0 Å². The summed E-state index contributed by atoms with van der Waals surface area (Å²) in [5.74, 6) is -0.472. The van der Waals surface area contributed by atoms with Gasteiger partial charge in [0.05, 0.1) is 25.2 Å². The van der Waals surface area contributed by atoms with E-state index in [0.29, 0.717) is 19.3 Å². The molecule has 394 valence electrons. The lowest BCUT2D eigenvalue weighted by atomic mass is 10.0. The molecule has 0 rings (SSSR count). The molecule has 0 aliphatic rings. The quantitative estimate of drug-likeness (QED) is 0.0321. The first-order chi connectivity index (χ1) is 33.0. The van der Waals surface area contributed by atoms with Gasteiger partial charge in [-0.05, 0) is 83.5 Å². The summed E-state index contributed by atoms with van der Waals surface area (Å²) in [5.41, 5.74) is 0. The number of amides is 1. The number of nitrogens with one attached hydrogen (secondary N) is 1. The minimum absolute atomic E-state index is 0.0733. The highest BCUT2D eigenvalue weighted by Gasteiger charge is 2.24. The lowest BCUT2D eigenvalue weighted by Crippen LogP contribution is -2.46. The predicted octanol–water partition coefficient (Wildman–Crippen LogP) is 18.4. The number of carbonyl (C=O) groups excluding carboxylic acids is 2. The van der Waals surface area contributed by atoms with Crippen molar-refractivity contribution < 1.29 is 24.5 Å². The molecule has 3 N–H and O–H groups in total. The standard InChI is InChI=1S/C61H115NO5/c1-4-7-10-13-16-19-22-25-27-29-30-31-33-36-39-42-45-48-51-54-61(66)67-57(52-49-46-43-40-37-34-24-21-18-15-12-9-6-3)55-60(65)62-58(56-63)59(64)53-50-47-44-41-38-35-32-28-26-23-20-17-14-11-8-5-2/h16,19,21,24-25,27,57-59,63-64H,4-15,17-18,20,22-23,26,28-56H2,1-3H3,(H,62,65)/b19-16-,24-21-,27-25-. The van der Waals surface area contributed by atoms with Crippen molar-refractivity contribution in [3.63, 3.8) is 0 Å². The third-order valence-electron chi connectivity index (χ3n) is 13.7. The molecule has 6 nitrogen and oxygen atoms in total. The van der Waals surface area contributed by atoms with Crippen LogP contribution in [0.5, 0.6) is 0 Å². The second-order valence-electron chi connectivity index (χ2n) is 20.4. The van der Waals surface area contributed by atoms with Gasteiger partial charge in [0, 0.05) is 6.42 Å². The van der Waals surface area contributed by atoms with Crippen LogP contribution in [0.15, 0.2) is 36.5 Å². The predicted molar refractivity (Wildman–Crippen MR) is 292 cm³/mol. The molecule has 0 aromatic carbocycles. The van der Waals surface area contributed by atoms with Gasteiger partial charge in [-0.15, -0.1) is 0 Å². The molecular formula is C61H115NO5. The third kappa shape index (κ3) is 50.3. The second kappa shape index (κ2) is 55.0. The van der Waals surface area contributed by atoms with E-state index in [1.54, 1.807) is 0 Å². The van der Waals surface area contributed by atoms with Gasteiger partial charge < -0.3 is 20.3 Å². The van der Waals surface area contributed by atoms with Crippen molar-refractivity contribution in [2.75, 3.05) is 6.61 Å². The first-order valence-corrected chi connectivity index (χ1v) is 29.7. The summed E-state index contributed by atoms with van der Waals surface area (Å²) in [6.07, 6.45) is 66.4. The van der Waals surface area contributed by atoms with Crippen LogP contribution in [0.2, 0.25) is 0 Å². The fourth-order valence-electron chi connectivity index (χ4n) is 9.16. The van der Waals surface area contributed by atoms with Crippen molar-refractivity contribution in [3.05, 3.63) is 36.5 Å². The van der Waals surface area contributed by atoms with E-state index >= 15 is 0 Å².